The molecule has 0 spiro atoms. The van der Waals surface area contributed by atoms with Gasteiger partial charge in [0.2, 0.25) is 0 Å². The first-order valence-electron chi connectivity index (χ1n) is 10.5. The second kappa shape index (κ2) is 9.70. The smallest absolute Gasteiger partial charge is 0.338 e. The fourth-order valence-electron chi connectivity index (χ4n) is 3.63. The van der Waals surface area contributed by atoms with Crippen molar-refractivity contribution >= 4 is 34.7 Å². The molecule has 3 aromatic rings. The van der Waals surface area contributed by atoms with Gasteiger partial charge < -0.3 is 19.9 Å². The van der Waals surface area contributed by atoms with Crippen LogP contribution in [0.5, 0.6) is 0 Å². The number of nitrogens with one attached hydrogen (secondary N) is 2. The maximum atomic E-state index is 11.8. The predicted molar refractivity (Wildman–Crippen MR) is 125 cm³/mol. The SMILES string of the molecule is CCOC(=O)c1ccc(NC(=S)Nc2cccc(-c3nnc4n3CCCCC4)c2)cc1. The molecule has 160 valence electrons. The summed E-state index contributed by atoms with van der Waals surface area (Å²) in [7, 11) is 0. The molecule has 1 aromatic heterocycles. The average Bonchev–Trinajstić information content (AvgIpc) is 3.03. The summed E-state index contributed by atoms with van der Waals surface area (Å²) in [4.78, 5) is 11.8. The van der Waals surface area contributed by atoms with Crippen molar-refractivity contribution in [1.29, 1.82) is 0 Å². The highest BCUT2D eigenvalue weighted by Gasteiger charge is 2.16. The van der Waals surface area contributed by atoms with Crippen molar-refractivity contribution in [2.75, 3.05) is 17.2 Å². The van der Waals surface area contributed by atoms with Crippen LogP contribution in [0.1, 0.15) is 42.4 Å². The minimum atomic E-state index is -0.335. The molecule has 4 rings (SSSR count). The summed E-state index contributed by atoms with van der Waals surface area (Å²) in [5.41, 5.74) is 3.16. The molecule has 8 heteroatoms. The highest BCUT2D eigenvalue weighted by molar-refractivity contribution is 7.80. The summed E-state index contributed by atoms with van der Waals surface area (Å²) in [6.07, 6.45) is 4.53. The Labute approximate surface area is 186 Å². The highest BCUT2D eigenvalue weighted by atomic mass is 32.1. The Bertz CT molecular complexity index is 1080. The van der Waals surface area contributed by atoms with Crippen LogP contribution in [0.25, 0.3) is 11.4 Å². The molecule has 0 radical (unpaired) electrons. The van der Waals surface area contributed by atoms with Crippen LogP contribution in [0.3, 0.4) is 0 Å². The Morgan fingerprint density at radius 1 is 1.06 bits per heavy atom. The van der Waals surface area contributed by atoms with E-state index in [1.807, 2.05) is 24.3 Å². The minimum absolute atomic E-state index is 0.335. The Morgan fingerprint density at radius 3 is 2.68 bits per heavy atom. The highest BCUT2D eigenvalue weighted by Crippen LogP contribution is 2.25. The van der Waals surface area contributed by atoms with E-state index in [1.165, 1.54) is 12.8 Å². The zero-order chi connectivity index (χ0) is 21.6. The Balaban J connectivity index is 1.43. The lowest BCUT2D eigenvalue weighted by Crippen LogP contribution is -2.19. The van der Waals surface area contributed by atoms with Gasteiger partial charge in [-0.25, -0.2) is 4.79 Å². The van der Waals surface area contributed by atoms with Crippen LogP contribution >= 0.6 is 12.2 Å². The van der Waals surface area contributed by atoms with Gasteiger partial charge in [-0.15, -0.1) is 10.2 Å². The van der Waals surface area contributed by atoms with E-state index in [0.29, 0.717) is 17.3 Å². The number of thiocarbonyl (C=S) groups is 1. The number of esters is 1. The standard InChI is InChI=1S/C23H25N5O2S/c1-2-30-22(29)16-10-12-18(13-11-16)24-23(31)25-19-8-6-7-17(15-19)21-27-26-20-9-4-3-5-14-28(20)21/h6-8,10-13,15H,2-5,9,14H2,1H3,(H2,24,25,31). The molecule has 0 atom stereocenters. The maximum Gasteiger partial charge on any atom is 0.338 e. The maximum absolute atomic E-state index is 11.8. The summed E-state index contributed by atoms with van der Waals surface area (Å²) < 4.78 is 7.23. The van der Waals surface area contributed by atoms with Crippen LogP contribution in [-0.2, 0) is 17.7 Å². The third-order valence-electron chi connectivity index (χ3n) is 5.14. The Kier molecular flexibility index (Phi) is 6.57. The minimum Gasteiger partial charge on any atom is -0.462 e. The number of carbonyl (C=O) groups is 1. The average molecular weight is 436 g/mol. The number of fused-ring (bicyclic) bond motifs is 1. The topological polar surface area (TPSA) is 81.1 Å². The van der Waals surface area contributed by atoms with Crippen LogP contribution < -0.4 is 10.6 Å². The first-order chi connectivity index (χ1) is 15.1. The largest absolute Gasteiger partial charge is 0.462 e. The lowest BCUT2D eigenvalue weighted by molar-refractivity contribution is 0.0526. The quantitative estimate of drug-likeness (QED) is 0.446. The van der Waals surface area contributed by atoms with Gasteiger partial charge in [0, 0.05) is 29.9 Å². The number of aryl methyl sites for hydroxylation is 1. The molecule has 2 aromatic carbocycles. The van der Waals surface area contributed by atoms with Crippen molar-refractivity contribution in [1.82, 2.24) is 14.8 Å². The van der Waals surface area contributed by atoms with E-state index >= 15 is 0 Å². The molecule has 0 unspecified atom stereocenters. The molecule has 7 nitrogen and oxygen atoms in total. The fourth-order valence-corrected chi connectivity index (χ4v) is 3.87. The number of carbonyl (C=O) groups excluding carboxylic acids is 1. The van der Waals surface area contributed by atoms with Crippen molar-refractivity contribution in [2.24, 2.45) is 0 Å². The molecule has 0 fully saturated rings. The van der Waals surface area contributed by atoms with Crippen LogP contribution in [0, 0.1) is 0 Å². The molecule has 0 amide bonds. The van der Waals surface area contributed by atoms with Gasteiger partial charge in [-0.2, -0.15) is 0 Å². The van der Waals surface area contributed by atoms with Gasteiger partial charge in [-0.05, 0) is 68.4 Å². The summed E-state index contributed by atoms with van der Waals surface area (Å²) >= 11 is 5.46. The zero-order valence-electron chi connectivity index (χ0n) is 17.4. The molecule has 31 heavy (non-hydrogen) atoms. The summed E-state index contributed by atoms with van der Waals surface area (Å²) in [6, 6.07) is 15.0. The molecule has 0 bridgehead atoms. The molecule has 2 N–H and O–H groups in total. The second-order valence-corrected chi connectivity index (χ2v) is 7.77. The van der Waals surface area contributed by atoms with E-state index in [2.05, 4.69) is 25.4 Å². The molecule has 2 heterocycles. The summed E-state index contributed by atoms with van der Waals surface area (Å²) in [6.45, 7) is 3.09. The molecule has 0 saturated carbocycles. The number of hydrogen-bond donors (Lipinski definition) is 2. The lowest BCUT2D eigenvalue weighted by Gasteiger charge is -2.12. The van der Waals surface area contributed by atoms with E-state index in [4.69, 9.17) is 17.0 Å². The molecule has 0 saturated heterocycles. The number of hydrogen-bond acceptors (Lipinski definition) is 5. The molecular formula is C23H25N5O2S. The van der Waals surface area contributed by atoms with Crippen molar-refractivity contribution < 1.29 is 9.53 Å². The zero-order valence-corrected chi connectivity index (χ0v) is 18.2. The van der Waals surface area contributed by atoms with Gasteiger partial charge in [0.25, 0.3) is 0 Å². The van der Waals surface area contributed by atoms with Crippen LogP contribution in [-0.4, -0.2) is 32.5 Å². The number of anilines is 2. The van der Waals surface area contributed by atoms with Gasteiger partial charge in [-0.3, -0.25) is 0 Å². The summed E-state index contributed by atoms with van der Waals surface area (Å²) in [5.74, 6) is 1.63. The predicted octanol–water partition coefficient (Wildman–Crippen LogP) is 4.66. The third-order valence-corrected chi connectivity index (χ3v) is 5.35. The molecule has 1 aliphatic heterocycles. The van der Waals surface area contributed by atoms with Crippen LogP contribution in [0.15, 0.2) is 48.5 Å². The van der Waals surface area contributed by atoms with E-state index in [9.17, 15) is 4.79 Å². The fraction of sp³-hybridized carbons (Fsp3) is 0.304. The second-order valence-electron chi connectivity index (χ2n) is 7.36. The number of ether oxygens (including phenoxy) is 1. The van der Waals surface area contributed by atoms with E-state index in [-0.39, 0.29) is 5.97 Å². The van der Waals surface area contributed by atoms with Crippen LogP contribution in [0.4, 0.5) is 11.4 Å². The van der Waals surface area contributed by atoms with Crippen molar-refractivity contribution in [2.45, 2.75) is 39.2 Å². The normalized spacial score (nSPS) is 13.1. The molecular weight excluding hydrogens is 410 g/mol. The van der Waals surface area contributed by atoms with Gasteiger partial charge in [0.1, 0.15) is 5.82 Å². The van der Waals surface area contributed by atoms with Crippen molar-refractivity contribution in [3.63, 3.8) is 0 Å². The molecule has 0 aliphatic carbocycles. The Hall–Kier alpha value is -3.26. The van der Waals surface area contributed by atoms with E-state index < -0.39 is 0 Å². The number of nitrogens with zero attached hydrogens (tertiary/aromatic N) is 3. The van der Waals surface area contributed by atoms with Gasteiger partial charge in [-0.1, -0.05) is 18.6 Å². The van der Waals surface area contributed by atoms with E-state index in [1.54, 1.807) is 31.2 Å². The van der Waals surface area contributed by atoms with Gasteiger partial charge in [0.15, 0.2) is 10.9 Å². The van der Waals surface area contributed by atoms with Gasteiger partial charge >= 0.3 is 5.97 Å². The monoisotopic (exact) mass is 435 g/mol. The first kappa shape index (κ1) is 21.0. The van der Waals surface area contributed by atoms with Gasteiger partial charge in [0.05, 0.1) is 12.2 Å². The number of rotatable bonds is 5. The van der Waals surface area contributed by atoms with E-state index in [0.717, 1.165) is 48.0 Å². The third kappa shape index (κ3) is 5.08. The van der Waals surface area contributed by atoms with Crippen molar-refractivity contribution in [3.05, 3.63) is 59.9 Å². The number of benzene rings is 2. The summed E-state index contributed by atoms with van der Waals surface area (Å²) in [5, 5.41) is 15.6. The molecule has 1 aliphatic rings. The van der Waals surface area contributed by atoms with Crippen molar-refractivity contribution in [3.8, 4) is 11.4 Å². The van der Waals surface area contributed by atoms with Crippen LogP contribution in [0.2, 0.25) is 0 Å². The first-order valence-corrected chi connectivity index (χ1v) is 10.9. The number of aromatic nitrogens is 3. The lowest BCUT2D eigenvalue weighted by atomic mass is 10.2. The Morgan fingerprint density at radius 2 is 1.87 bits per heavy atom.